The van der Waals surface area contributed by atoms with E-state index in [2.05, 4.69) is 9.71 Å². The molecule has 0 bridgehead atoms. The third-order valence-electron chi connectivity index (χ3n) is 2.70. The minimum atomic E-state index is -4.15. The number of hydrogen-bond acceptors (Lipinski definition) is 4. The Balaban J connectivity index is 2.30. The van der Waals surface area contributed by atoms with Crippen LogP contribution in [-0.2, 0) is 19.6 Å². The number of aliphatic carboxylic acids is 1. The van der Waals surface area contributed by atoms with Crippen molar-refractivity contribution in [3.8, 4) is 0 Å². The van der Waals surface area contributed by atoms with Gasteiger partial charge in [0.2, 0.25) is 0 Å². The number of carbonyl (C=O) groups excluding carboxylic acids is 1. The van der Waals surface area contributed by atoms with Gasteiger partial charge in [0.05, 0.1) is 6.21 Å². The molecule has 0 spiro atoms. The quantitative estimate of drug-likeness (QED) is 0.702. The van der Waals surface area contributed by atoms with E-state index in [1.54, 1.807) is 0 Å². The molecule has 2 aliphatic rings. The number of nitrogens with zero attached hydrogens (tertiary/aromatic N) is 1. The van der Waals surface area contributed by atoms with Crippen LogP contribution < -0.4 is 5.32 Å². The predicted octanol–water partition coefficient (Wildman–Crippen LogP) is -0.592. The molecule has 0 radical (unpaired) electrons. The highest BCUT2D eigenvalue weighted by Gasteiger charge is 2.36. The highest BCUT2D eigenvalue weighted by atomic mass is 32.2. The molecule has 1 fully saturated rings. The summed E-state index contributed by atoms with van der Waals surface area (Å²) in [4.78, 5) is 21.7. The Morgan fingerprint density at radius 1 is 1.41 bits per heavy atom. The van der Waals surface area contributed by atoms with Gasteiger partial charge in [0.15, 0.2) is 4.91 Å². The van der Waals surface area contributed by atoms with Crippen LogP contribution in [0.3, 0.4) is 0 Å². The minimum absolute atomic E-state index is 0.0687. The second-order valence-electron chi connectivity index (χ2n) is 3.86. The number of carboxylic acid groups (broad SMARTS) is 1. The first-order valence-electron chi connectivity index (χ1n) is 5.00. The Labute approximate surface area is 97.3 Å². The molecule has 7 nitrogen and oxygen atoms in total. The number of rotatable bonds is 3. The molecule has 0 aromatic rings. The molecule has 0 saturated heterocycles. The van der Waals surface area contributed by atoms with Crippen LogP contribution in [0.2, 0.25) is 0 Å². The van der Waals surface area contributed by atoms with Crippen molar-refractivity contribution < 1.29 is 23.1 Å². The molecule has 2 rings (SSSR count). The monoisotopic (exact) mass is 258 g/mol. The van der Waals surface area contributed by atoms with Crippen molar-refractivity contribution in [2.45, 2.75) is 25.3 Å². The lowest BCUT2D eigenvalue weighted by Gasteiger charge is -2.26. The molecule has 92 valence electrons. The molecule has 1 saturated carbocycles. The maximum Gasteiger partial charge on any atom is 0.338 e. The van der Waals surface area contributed by atoms with Gasteiger partial charge in [-0.05, 0) is 19.3 Å². The van der Waals surface area contributed by atoms with Gasteiger partial charge in [-0.1, -0.05) is 0 Å². The summed E-state index contributed by atoms with van der Waals surface area (Å²) in [5.74, 6) is -2.36. The van der Waals surface area contributed by atoms with Gasteiger partial charge >= 0.3 is 5.97 Å². The predicted molar refractivity (Wildman–Crippen MR) is 57.9 cm³/mol. The lowest BCUT2D eigenvalue weighted by molar-refractivity contribution is -0.132. The lowest BCUT2D eigenvalue weighted by Crippen LogP contribution is -2.41. The van der Waals surface area contributed by atoms with E-state index in [9.17, 15) is 18.0 Å². The van der Waals surface area contributed by atoms with Crippen LogP contribution in [0.15, 0.2) is 14.9 Å². The number of carboxylic acids is 1. The van der Waals surface area contributed by atoms with Gasteiger partial charge in [0.1, 0.15) is 5.57 Å². The number of sulfonamides is 1. The van der Waals surface area contributed by atoms with E-state index in [4.69, 9.17) is 5.11 Å². The minimum Gasteiger partial charge on any atom is -0.478 e. The van der Waals surface area contributed by atoms with E-state index in [0.29, 0.717) is 6.21 Å². The van der Waals surface area contributed by atoms with E-state index >= 15 is 0 Å². The smallest absolute Gasteiger partial charge is 0.338 e. The summed E-state index contributed by atoms with van der Waals surface area (Å²) in [5, 5.41) is 11.3. The number of amides is 1. The van der Waals surface area contributed by atoms with E-state index in [0.717, 1.165) is 19.3 Å². The third-order valence-corrected chi connectivity index (χ3v) is 4.00. The Kier molecular flexibility index (Phi) is 2.74. The molecule has 2 N–H and O–H groups in total. The summed E-state index contributed by atoms with van der Waals surface area (Å²) < 4.78 is 25.9. The standard InChI is InChI=1S/C9H10N2O5S/c12-8(11-5-2-1-3-5)7-6(9(13)14)4-10-17(7,15)16/h4-5H,1-3H2,(H,11,12)(H,13,14). The maximum absolute atomic E-state index is 11.7. The molecule has 8 heteroatoms. The fourth-order valence-electron chi connectivity index (χ4n) is 1.57. The van der Waals surface area contributed by atoms with Gasteiger partial charge in [-0.3, -0.25) is 4.79 Å². The molecule has 1 aliphatic heterocycles. The fraction of sp³-hybridized carbons (Fsp3) is 0.444. The summed E-state index contributed by atoms with van der Waals surface area (Å²) in [6, 6.07) is -0.0687. The molecule has 0 unspecified atom stereocenters. The van der Waals surface area contributed by atoms with Gasteiger partial charge in [0.25, 0.3) is 15.9 Å². The van der Waals surface area contributed by atoms with E-state index in [-0.39, 0.29) is 6.04 Å². The van der Waals surface area contributed by atoms with Crippen LogP contribution in [0.1, 0.15) is 19.3 Å². The zero-order valence-corrected chi connectivity index (χ0v) is 9.53. The Bertz CT molecular complexity index is 542. The van der Waals surface area contributed by atoms with Gasteiger partial charge < -0.3 is 10.4 Å². The first-order chi connectivity index (χ1) is 7.92. The Hall–Kier alpha value is -1.70. The van der Waals surface area contributed by atoms with Crippen molar-refractivity contribution in [2.75, 3.05) is 0 Å². The van der Waals surface area contributed by atoms with Gasteiger partial charge in [-0.25, -0.2) is 4.79 Å². The first-order valence-corrected chi connectivity index (χ1v) is 6.44. The average molecular weight is 258 g/mol. The average Bonchev–Trinajstić information content (AvgIpc) is 2.47. The van der Waals surface area contributed by atoms with Crippen molar-refractivity contribution in [2.24, 2.45) is 4.40 Å². The second kappa shape index (κ2) is 3.95. The fourth-order valence-corrected chi connectivity index (χ4v) is 2.63. The zero-order valence-electron chi connectivity index (χ0n) is 8.71. The van der Waals surface area contributed by atoms with Crippen LogP contribution in [0, 0.1) is 0 Å². The van der Waals surface area contributed by atoms with Crippen LogP contribution in [0.25, 0.3) is 0 Å². The van der Waals surface area contributed by atoms with Crippen LogP contribution >= 0.6 is 0 Å². The van der Waals surface area contributed by atoms with E-state index < -0.39 is 32.4 Å². The SMILES string of the molecule is O=C(O)C1=C(C(=O)NC2CCC2)S(=O)(=O)N=C1. The lowest BCUT2D eigenvalue weighted by atomic mass is 9.93. The van der Waals surface area contributed by atoms with Crippen molar-refractivity contribution in [1.29, 1.82) is 0 Å². The molecule has 17 heavy (non-hydrogen) atoms. The highest BCUT2D eigenvalue weighted by Crippen LogP contribution is 2.23. The summed E-state index contributed by atoms with van der Waals surface area (Å²) in [6.45, 7) is 0. The highest BCUT2D eigenvalue weighted by molar-refractivity contribution is 7.95. The van der Waals surface area contributed by atoms with Gasteiger partial charge in [-0.2, -0.15) is 12.8 Å². The van der Waals surface area contributed by atoms with Crippen molar-refractivity contribution >= 4 is 28.1 Å². The van der Waals surface area contributed by atoms with Crippen molar-refractivity contribution in [3.05, 3.63) is 10.5 Å². The summed E-state index contributed by atoms with van der Waals surface area (Å²) >= 11 is 0. The summed E-state index contributed by atoms with van der Waals surface area (Å²) in [5.41, 5.74) is -0.582. The third kappa shape index (κ3) is 2.07. The summed E-state index contributed by atoms with van der Waals surface area (Å²) in [6.07, 6.45) is 3.22. The first kappa shape index (κ1) is 11.8. The van der Waals surface area contributed by atoms with Crippen molar-refractivity contribution in [1.82, 2.24) is 5.32 Å². The second-order valence-corrected chi connectivity index (χ2v) is 5.43. The van der Waals surface area contributed by atoms with Crippen LogP contribution in [0.5, 0.6) is 0 Å². The maximum atomic E-state index is 11.7. The molecular formula is C9H10N2O5S. The molecular weight excluding hydrogens is 248 g/mol. The van der Waals surface area contributed by atoms with Crippen LogP contribution in [-0.4, -0.2) is 37.7 Å². The topological polar surface area (TPSA) is 113 Å². The molecule has 0 atom stereocenters. The number of carbonyl (C=O) groups is 2. The number of hydrogen-bond donors (Lipinski definition) is 2. The van der Waals surface area contributed by atoms with E-state index in [1.165, 1.54) is 0 Å². The molecule has 0 aromatic heterocycles. The molecule has 1 heterocycles. The Morgan fingerprint density at radius 2 is 2.06 bits per heavy atom. The largest absolute Gasteiger partial charge is 0.478 e. The van der Waals surface area contributed by atoms with Gasteiger partial charge in [0, 0.05) is 6.04 Å². The summed E-state index contributed by atoms with van der Waals surface area (Å²) in [7, 11) is -4.15. The normalized spacial score (nSPS) is 22.4. The molecule has 1 aliphatic carbocycles. The van der Waals surface area contributed by atoms with Crippen LogP contribution in [0.4, 0.5) is 0 Å². The zero-order chi connectivity index (χ0) is 12.6. The van der Waals surface area contributed by atoms with E-state index in [1.807, 2.05) is 0 Å². The number of nitrogens with one attached hydrogen (secondary N) is 1. The Morgan fingerprint density at radius 3 is 2.53 bits per heavy atom. The molecule has 1 amide bonds. The molecule has 0 aromatic carbocycles. The van der Waals surface area contributed by atoms with Gasteiger partial charge in [-0.15, -0.1) is 0 Å². The van der Waals surface area contributed by atoms with Crippen molar-refractivity contribution in [3.63, 3.8) is 0 Å².